The lowest BCUT2D eigenvalue weighted by Crippen LogP contribution is -2.22. The molecule has 0 bridgehead atoms. The second-order valence-corrected chi connectivity index (χ2v) is 7.36. The van der Waals surface area contributed by atoms with Crippen LogP contribution in [0.5, 0.6) is 5.75 Å². The van der Waals surface area contributed by atoms with Crippen LogP contribution in [0.1, 0.15) is 26.3 Å². The second kappa shape index (κ2) is 6.87. The number of aromatic nitrogens is 1. The summed E-state index contributed by atoms with van der Waals surface area (Å²) in [4.78, 5) is 26.5. The zero-order valence-corrected chi connectivity index (χ0v) is 14.5. The summed E-state index contributed by atoms with van der Waals surface area (Å²) < 4.78 is 41.8. The predicted octanol–water partition coefficient (Wildman–Crippen LogP) is 2.56. The van der Waals surface area contributed by atoms with E-state index in [9.17, 15) is 22.8 Å². The van der Waals surface area contributed by atoms with Gasteiger partial charge in [0, 0.05) is 17.1 Å². The molecule has 0 radical (unpaired) electrons. The Labute approximate surface area is 145 Å². The van der Waals surface area contributed by atoms with E-state index in [0.717, 1.165) is 17.4 Å². The molecule has 0 saturated carbocycles. The van der Waals surface area contributed by atoms with Crippen molar-refractivity contribution in [3.8, 4) is 5.75 Å². The highest BCUT2D eigenvalue weighted by molar-refractivity contribution is 7.07. The molecule has 0 fully saturated rings. The Hall–Kier alpha value is -2.35. The number of alkyl halides is 3. The minimum absolute atomic E-state index is 0.112. The monoisotopic (exact) mass is 371 g/mol. The number of rotatable bonds is 3. The third-order valence-corrected chi connectivity index (χ3v) is 4.08. The molecule has 0 saturated heterocycles. The fourth-order valence-electron chi connectivity index (χ4n) is 1.82. The minimum atomic E-state index is -4.83. The van der Waals surface area contributed by atoms with Gasteiger partial charge in [0.1, 0.15) is 5.75 Å². The molecule has 2 aromatic rings. The molecule has 0 spiro atoms. The van der Waals surface area contributed by atoms with Crippen LogP contribution in [0.4, 0.5) is 13.2 Å². The molecular weight excluding hydrogens is 355 g/mol. The van der Waals surface area contributed by atoms with Gasteiger partial charge in [-0.25, -0.2) is 0 Å². The Morgan fingerprint density at radius 2 is 1.84 bits per heavy atom. The number of nitrogens with one attached hydrogen (secondary N) is 1. The van der Waals surface area contributed by atoms with E-state index >= 15 is 0 Å². The van der Waals surface area contributed by atoms with E-state index in [1.807, 2.05) is 0 Å². The first-order valence-electron chi connectivity index (χ1n) is 7.27. The smallest absolute Gasteiger partial charge is 0.405 e. The summed E-state index contributed by atoms with van der Waals surface area (Å²) >= 11 is 0.989. The quantitative estimate of drug-likeness (QED) is 0.902. The van der Waals surface area contributed by atoms with Crippen LogP contribution in [-0.2, 0) is 4.79 Å². The first-order chi connectivity index (χ1) is 11.5. The van der Waals surface area contributed by atoms with Crippen molar-refractivity contribution >= 4 is 29.3 Å². The van der Waals surface area contributed by atoms with Crippen LogP contribution < -0.4 is 19.5 Å². The summed E-state index contributed by atoms with van der Waals surface area (Å²) in [6.07, 6.45) is -2.21. The number of hydrogen-bond acceptors (Lipinski definition) is 4. The SMILES string of the molecule is CC(C)(C)C(=O)/C=c1\[nH]c(=O)/c(=C\c2ccccc2OC(F)(F)F)s1. The lowest BCUT2D eigenvalue weighted by Gasteiger charge is -2.12. The number of ether oxygens (including phenoxy) is 1. The summed E-state index contributed by atoms with van der Waals surface area (Å²) in [7, 11) is 0. The van der Waals surface area contributed by atoms with E-state index in [1.165, 1.54) is 30.4 Å². The van der Waals surface area contributed by atoms with Crippen molar-refractivity contribution in [2.24, 2.45) is 5.41 Å². The third kappa shape index (κ3) is 5.32. The van der Waals surface area contributed by atoms with Crippen LogP contribution in [0.25, 0.3) is 12.2 Å². The Kier molecular flexibility index (Phi) is 5.22. The fraction of sp³-hybridized carbons (Fsp3) is 0.294. The van der Waals surface area contributed by atoms with Crippen LogP contribution in [-0.4, -0.2) is 17.1 Å². The summed E-state index contributed by atoms with van der Waals surface area (Å²) in [5.74, 6) is -0.573. The Balaban J connectivity index is 2.50. The van der Waals surface area contributed by atoms with E-state index in [-0.39, 0.29) is 15.9 Å². The molecule has 0 aliphatic carbocycles. The van der Waals surface area contributed by atoms with Gasteiger partial charge in [-0.15, -0.1) is 24.5 Å². The number of halogens is 3. The van der Waals surface area contributed by atoms with Crippen LogP contribution in [0.3, 0.4) is 0 Å². The van der Waals surface area contributed by atoms with Gasteiger partial charge >= 0.3 is 6.36 Å². The molecule has 0 unspecified atom stereocenters. The maximum absolute atomic E-state index is 12.5. The Bertz CT molecular complexity index is 949. The molecule has 4 nitrogen and oxygen atoms in total. The molecule has 25 heavy (non-hydrogen) atoms. The second-order valence-electron chi connectivity index (χ2n) is 6.27. The average molecular weight is 371 g/mol. The number of ketones is 1. The van der Waals surface area contributed by atoms with E-state index in [0.29, 0.717) is 4.66 Å². The van der Waals surface area contributed by atoms with Crippen molar-refractivity contribution in [1.82, 2.24) is 4.98 Å². The number of hydrogen-bond donors (Lipinski definition) is 1. The molecule has 8 heteroatoms. The van der Waals surface area contributed by atoms with Gasteiger partial charge in [-0.05, 0) is 12.1 Å². The third-order valence-electron chi connectivity index (χ3n) is 3.11. The molecule has 0 atom stereocenters. The molecule has 0 aliphatic heterocycles. The van der Waals surface area contributed by atoms with Crippen molar-refractivity contribution in [2.75, 3.05) is 0 Å². The molecule has 0 amide bonds. The zero-order chi connectivity index (χ0) is 18.8. The normalized spacial score (nSPS) is 14.0. The van der Waals surface area contributed by atoms with Gasteiger partial charge in [0.2, 0.25) is 0 Å². The first kappa shape index (κ1) is 19.0. The number of H-pyrrole nitrogens is 1. The highest BCUT2D eigenvalue weighted by atomic mass is 32.1. The largest absolute Gasteiger partial charge is 0.573 e. The number of para-hydroxylation sites is 1. The summed E-state index contributed by atoms with van der Waals surface area (Å²) in [6.45, 7) is 5.24. The van der Waals surface area contributed by atoms with Gasteiger partial charge in [0.25, 0.3) is 5.56 Å². The molecule has 1 N–H and O–H groups in total. The molecule has 2 rings (SSSR count). The highest BCUT2D eigenvalue weighted by Crippen LogP contribution is 2.26. The van der Waals surface area contributed by atoms with Crippen LogP contribution in [0.2, 0.25) is 0 Å². The minimum Gasteiger partial charge on any atom is -0.405 e. The van der Waals surface area contributed by atoms with Crippen molar-refractivity contribution in [3.05, 3.63) is 49.4 Å². The van der Waals surface area contributed by atoms with Gasteiger partial charge in [0.05, 0.1) is 9.20 Å². The number of benzene rings is 1. The molecule has 1 aromatic heterocycles. The fourth-order valence-corrected chi connectivity index (χ4v) is 2.69. The van der Waals surface area contributed by atoms with E-state index in [1.54, 1.807) is 20.8 Å². The first-order valence-corrected chi connectivity index (χ1v) is 8.09. The molecule has 134 valence electrons. The van der Waals surface area contributed by atoms with Crippen molar-refractivity contribution in [1.29, 1.82) is 0 Å². The van der Waals surface area contributed by atoms with Gasteiger partial charge < -0.3 is 9.72 Å². The van der Waals surface area contributed by atoms with E-state index in [4.69, 9.17) is 0 Å². The summed E-state index contributed by atoms with van der Waals surface area (Å²) in [6, 6.07) is 5.51. The topological polar surface area (TPSA) is 59.2 Å². The standard InChI is InChI=1S/C17H16F3NO3S/c1-16(2,3)13(22)9-14-21-15(23)12(25-14)8-10-6-4-5-7-11(10)24-17(18,19)20/h4-9H,1-3H3,(H,21,23)/b12-8+,14-9+. The lowest BCUT2D eigenvalue weighted by atomic mass is 9.91. The molecular formula is C17H16F3NO3S. The summed E-state index contributed by atoms with van der Waals surface area (Å²) in [5, 5.41) is 0. The van der Waals surface area contributed by atoms with Crippen molar-refractivity contribution in [3.63, 3.8) is 0 Å². The maximum atomic E-state index is 12.5. The van der Waals surface area contributed by atoms with Crippen LogP contribution in [0.15, 0.2) is 29.1 Å². The van der Waals surface area contributed by atoms with Crippen molar-refractivity contribution in [2.45, 2.75) is 27.1 Å². The number of carbonyl (C=O) groups excluding carboxylic acids is 1. The van der Waals surface area contributed by atoms with Gasteiger partial charge in [0.15, 0.2) is 5.78 Å². The van der Waals surface area contributed by atoms with Crippen molar-refractivity contribution < 1.29 is 22.7 Å². The number of aromatic amines is 1. The van der Waals surface area contributed by atoms with E-state index < -0.39 is 23.1 Å². The molecule has 1 aromatic carbocycles. The van der Waals surface area contributed by atoms with Crippen LogP contribution in [0, 0.1) is 5.41 Å². The molecule has 1 heterocycles. The van der Waals surface area contributed by atoms with Crippen LogP contribution >= 0.6 is 11.3 Å². The summed E-state index contributed by atoms with van der Waals surface area (Å²) in [5.41, 5.74) is -0.974. The highest BCUT2D eigenvalue weighted by Gasteiger charge is 2.31. The Morgan fingerprint density at radius 3 is 2.44 bits per heavy atom. The predicted molar refractivity (Wildman–Crippen MR) is 89.8 cm³/mol. The number of Topliss-reactive ketones (excluding diaryl/α,β-unsaturated/α-hetero) is 1. The molecule has 0 aliphatic rings. The lowest BCUT2D eigenvalue weighted by molar-refractivity contribution is -0.274. The number of thiazole rings is 1. The average Bonchev–Trinajstić information content (AvgIpc) is 2.78. The van der Waals surface area contributed by atoms with Gasteiger partial charge in [-0.1, -0.05) is 39.0 Å². The van der Waals surface area contributed by atoms with E-state index in [2.05, 4.69) is 9.72 Å². The van der Waals surface area contributed by atoms with Gasteiger partial charge in [-0.2, -0.15) is 0 Å². The number of carbonyl (C=O) groups is 1. The zero-order valence-electron chi connectivity index (χ0n) is 13.7. The Morgan fingerprint density at radius 1 is 1.20 bits per heavy atom. The van der Waals surface area contributed by atoms with Gasteiger partial charge in [-0.3, -0.25) is 9.59 Å². The maximum Gasteiger partial charge on any atom is 0.573 e.